The van der Waals surface area contributed by atoms with Gasteiger partial charge in [0.2, 0.25) is 0 Å². The van der Waals surface area contributed by atoms with Crippen molar-refractivity contribution in [2.75, 3.05) is 0 Å². The van der Waals surface area contributed by atoms with E-state index in [0.29, 0.717) is 6.07 Å². The van der Waals surface area contributed by atoms with Gasteiger partial charge in [0, 0.05) is 12.5 Å². The van der Waals surface area contributed by atoms with Crippen LogP contribution in [0.25, 0.3) is 5.57 Å². The van der Waals surface area contributed by atoms with Crippen molar-refractivity contribution >= 4 is 16.9 Å². The fourth-order valence-corrected chi connectivity index (χ4v) is 2.36. The maximum atomic E-state index is 11.2. The maximum absolute atomic E-state index is 11.2. The Labute approximate surface area is 132 Å². The smallest absolute Gasteiger partial charge is 0.259 e. The van der Waals surface area contributed by atoms with Crippen LogP contribution in [-0.4, -0.2) is 19.7 Å². The molecule has 0 atom stereocenters. The van der Waals surface area contributed by atoms with Crippen molar-refractivity contribution in [3.63, 3.8) is 0 Å². The van der Waals surface area contributed by atoms with Crippen molar-refractivity contribution in [2.45, 2.75) is 12.8 Å². The third-order valence-electron chi connectivity index (χ3n) is 3.34. The lowest BCUT2D eigenvalue weighted by Gasteiger charge is -2.11. The van der Waals surface area contributed by atoms with Gasteiger partial charge in [0.15, 0.2) is 0 Å². The lowest BCUT2D eigenvalue weighted by molar-refractivity contribution is -0.435. The molecule has 1 aromatic carbocycles. The summed E-state index contributed by atoms with van der Waals surface area (Å²) in [6.07, 6.45) is 1.03. The van der Waals surface area contributed by atoms with Crippen LogP contribution in [-0.2, 0) is 0 Å². The van der Waals surface area contributed by atoms with Gasteiger partial charge in [0.1, 0.15) is 5.57 Å². The molecule has 24 heavy (non-hydrogen) atoms. The van der Waals surface area contributed by atoms with E-state index in [9.17, 15) is 40.5 Å². The van der Waals surface area contributed by atoms with E-state index < -0.39 is 53.6 Å². The Morgan fingerprint density at radius 2 is 1.50 bits per heavy atom. The fourth-order valence-electron chi connectivity index (χ4n) is 2.36. The molecular weight excluding hydrogens is 328 g/mol. The van der Waals surface area contributed by atoms with Crippen molar-refractivity contribution in [1.29, 1.82) is 0 Å². The second-order valence-corrected chi connectivity index (χ2v) is 4.68. The van der Waals surface area contributed by atoms with Crippen LogP contribution in [0.2, 0.25) is 0 Å². The molecule has 0 aliphatic heterocycles. The van der Waals surface area contributed by atoms with Gasteiger partial charge >= 0.3 is 0 Å². The molecular formula is C12H8N4O8. The average Bonchev–Trinajstić information content (AvgIpc) is 2.53. The van der Waals surface area contributed by atoms with Gasteiger partial charge in [-0.1, -0.05) is 0 Å². The Morgan fingerprint density at radius 3 is 2.00 bits per heavy atom. The first-order chi connectivity index (χ1) is 11.2. The number of benzene rings is 1. The predicted molar refractivity (Wildman–Crippen MR) is 78.0 cm³/mol. The van der Waals surface area contributed by atoms with Crippen molar-refractivity contribution in [2.24, 2.45) is 0 Å². The zero-order valence-corrected chi connectivity index (χ0v) is 11.8. The molecule has 12 nitrogen and oxygen atoms in total. The summed E-state index contributed by atoms with van der Waals surface area (Å²) in [5, 5.41) is 44.3. The number of allylic oxidation sites excluding steroid dienone is 3. The topological polar surface area (TPSA) is 173 Å². The molecule has 1 aliphatic carbocycles. The first-order valence-electron chi connectivity index (χ1n) is 6.39. The molecule has 0 saturated heterocycles. The Bertz CT molecular complexity index is 841. The lowest BCUT2D eigenvalue weighted by Crippen LogP contribution is -2.14. The molecule has 12 heteroatoms. The molecule has 124 valence electrons. The Kier molecular flexibility index (Phi) is 4.30. The SMILES string of the molecule is O=[N+]([O-])C1=CCCC([N+](=O)[O-])=C1c1ccc([N+](=O)[O-])cc1[N+](=O)[O-]. The van der Waals surface area contributed by atoms with Crippen molar-refractivity contribution in [3.05, 3.63) is 81.7 Å². The van der Waals surface area contributed by atoms with Crippen LogP contribution >= 0.6 is 0 Å². The van der Waals surface area contributed by atoms with E-state index in [1.807, 2.05) is 0 Å². The number of rotatable bonds is 5. The first kappa shape index (κ1) is 16.7. The van der Waals surface area contributed by atoms with E-state index >= 15 is 0 Å². The van der Waals surface area contributed by atoms with E-state index in [2.05, 4.69) is 0 Å². The van der Waals surface area contributed by atoms with Gasteiger partial charge in [-0.2, -0.15) is 0 Å². The van der Waals surface area contributed by atoms with Gasteiger partial charge in [-0.25, -0.2) is 0 Å². The largest absolute Gasteiger partial charge is 0.284 e. The first-order valence-corrected chi connectivity index (χ1v) is 6.39. The van der Waals surface area contributed by atoms with Crippen molar-refractivity contribution in [1.82, 2.24) is 0 Å². The van der Waals surface area contributed by atoms with Gasteiger partial charge in [-0.15, -0.1) is 0 Å². The van der Waals surface area contributed by atoms with E-state index in [0.717, 1.165) is 18.2 Å². The summed E-state index contributed by atoms with van der Waals surface area (Å²) in [7, 11) is 0. The molecule has 0 spiro atoms. The van der Waals surface area contributed by atoms with E-state index in [1.54, 1.807) is 0 Å². The third kappa shape index (κ3) is 2.92. The molecule has 2 rings (SSSR count). The minimum atomic E-state index is -0.973. The quantitative estimate of drug-likeness (QED) is 0.582. The lowest BCUT2D eigenvalue weighted by atomic mass is 9.92. The fraction of sp³-hybridized carbons (Fsp3) is 0.167. The normalized spacial score (nSPS) is 14.1. The molecule has 1 aliphatic rings. The summed E-state index contributed by atoms with van der Waals surface area (Å²) in [6.45, 7) is 0. The van der Waals surface area contributed by atoms with Gasteiger partial charge in [-0.3, -0.25) is 40.5 Å². The summed E-state index contributed by atoms with van der Waals surface area (Å²) in [6, 6.07) is 2.43. The Morgan fingerprint density at radius 1 is 0.833 bits per heavy atom. The Hall–Kier alpha value is -3.70. The second-order valence-electron chi connectivity index (χ2n) is 4.68. The molecule has 0 unspecified atom stereocenters. The van der Waals surface area contributed by atoms with Crippen LogP contribution in [0, 0.1) is 40.5 Å². The molecule has 0 radical (unpaired) electrons. The van der Waals surface area contributed by atoms with Gasteiger partial charge in [0.25, 0.3) is 22.8 Å². The molecule has 0 bridgehead atoms. The zero-order valence-electron chi connectivity index (χ0n) is 11.8. The van der Waals surface area contributed by atoms with E-state index in [4.69, 9.17) is 0 Å². The van der Waals surface area contributed by atoms with Crippen molar-refractivity contribution < 1.29 is 19.7 Å². The summed E-state index contributed by atoms with van der Waals surface area (Å²) < 4.78 is 0. The van der Waals surface area contributed by atoms with Crippen LogP contribution in [0.1, 0.15) is 18.4 Å². The molecule has 0 N–H and O–H groups in total. The molecule has 0 fully saturated rings. The predicted octanol–water partition coefficient (Wildman–Crippen LogP) is 2.45. The number of hydrogen-bond acceptors (Lipinski definition) is 8. The van der Waals surface area contributed by atoms with Gasteiger partial charge in [-0.05, 0) is 18.6 Å². The molecule has 0 aromatic heterocycles. The zero-order chi connectivity index (χ0) is 18.0. The van der Waals surface area contributed by atoms with E-state index in [1.165, 1.54) is 0 Å². The summed E-state index contributed by atoms with van der Waals surface area (Å²) in [5.41, 5.74) is -3.49. The minimum absolute atomic E-state index is 0.0386. The number of hydrogen-bond donors (Lipinski definition) is 0. The summed E-state index contributed by atoms with van der Waals surface area (Å²) in [5.74, 6) is 0. The summed E-state index contributed by atoms with van der Waals surface area (Å²) in [4.78, 5) is 40.7. The maximum Gasteiger partial charge on any atom is 0.284 e. The van der Waals surface area contributed by atoms with Crippen LogP contribution in [0.5, 0.6) is 0 Å². The second kappa shape index (κ2) is 6.20. The van der Waals surface area contributed by atoms with Crippen LogP contribution < -0.4 is 0 Å². The number of nitro benzene ring substituents is 2. The highest BCUT2D eigenvalue weighted by Crippen LogP contribution is 2.39. The van der Waals surface area contributed by atoms with Gasteiger partial charge in [0.05, 0.1) is 31.3 Å². The van der Waals surface area contributed by atoms with Gasteiger partial charge < -0.3 is 0 Å². The molecule has 0 saturated carbocycles. The highest BCUT2D eigenvalue weighted by atomic mass is 16.6. The highest BCUT2D eigenvalue weighted by Gasteiger charge is 2.37. The number of non-ortho nitro benzene ring substituents is 1. The highest BCUT2D eigenvalue weighted by molar-refractivity contribution is 5.84. The molecule has 1 aromatic rings. The third-order valence-corrected chi connectivity index (χ3v) is 3.34. The standard InChI is InChI=1S/C12H8N4O8/c17-13(18)7-4-5-8(11(6-7)16(23)24)12-9(14(19)20)2-1-3-10(12)15(21)22/h2,4-6H,1,3H2. The van der Waals surface area contributed by atoms with Crippen LogP contribution in [0.4, 0.5) is 11.4 Å². The average molecular weight is 336 g/mol. The summed E-state index contributed by atoms with van der Waals surface area (Å²) >= 11 is 0. The van der Waals surface area contributed by atoms with E-state index in [-0.39, 0.29) is 12.8 Å². The number of nitro groups is 4. The van der Waals surface area contributed by atoms with Crippen LogP contribution in [0.15, 0.2) is 35.7 Å². The monoisotopic (exact) mass is 336 g/mol. The molecule has 0 heterocycles. The Balaban J connectivity index is 2.81. The minimum Gasteiger partial charge on any atom is -0.259 e. The van der Waals surface area contributed by atoms with Crippen molar-refractivity contribution in [3.8, 4) is 0 Å². The number of nitrogens with zero attached hydrogens (tertiary/aromatic N) is 4. The molecule has 0 amide bonds. The van der Waals surface area contributed by atoms with Crippen LogP contribution in [0.3, 0.4) is 0 Å².